The molecular weight excluding hydrogens is 331 g/mol. The molecule has 1 aromatic carbocycles. The lowest BCUT2D eigenvalue weighted by molar-refractivity contribution is 0.0981. The van der Waals surface area contributed by atoms with Crippen molar-refractivity contribution in [1.82, 2.24) is 0 Å². The summed E-state index contributed by atoms with van der Waals surface area (Å²) in [7, 11) is 0. The minimum Gasteiger partial charge on any atom is -0.462 e. The Balaban J connectivity index is 3.06. The van der Waals surface area contributed by atoms with Crippen molar-refractivity contribution in [3.8, 4) is 5.75 Å². The van der Waals surface area contributed by atoms with E-state index < -0.39 is 6.86 Å². The maximum Gasteiger partial charge on any atom is 0.228 e. The fourth-order valence-corrected chi connectivity index (χ4v) is 2.09. The highest BCUT2D eigenvalue weighted by Gasteiger charge is 2.15. The van der Waals surface area contributed by atoms with Crippen LogP contribution in [0.3, 0.4) is 0 Å². The van der Waals surface area contributed by atoms with Gasteiger partial charge in [0.2, 0.25) is 6.86 Å². The average molecular weight is 340 g/mol. The number of rotatable bonds is 5. The Hall–Kier alpha value is -0.420. The van der Waals surface area contributed by atoms with E-state index in [2.05, 4.69) is 31.9 Å². The van der Waals surface area contributed by atoms with Gasteiger partial charge >= 0.3 is 0 Å². The molecule has 1 aromatic rings. The van der Waals surface area contributed by atoms with Crippen molar-refractivity contribution in [2.24, 2.45) is 0 Å². The molecule has 0 heterocycles. The van der Waals surface area contributed by atoms with E-state index in [1.807, 2.05) is 0 Å². The lowest BCUT2D eigenvalue weighted by Crippen LogP contribution is -2.05. The number of halogens is 3. The summed E-state index contributed by atoms with van der Waals surface area (Å²) in [5.74, 6) is 0.195. The lowest BCUT2D eigenvalue weighted by Gasteiger charge is -2.09. The fraction of sp³-hybridized carbons (Fsp3) is 0.300. The van der Waals surface area contributed by atoms with Crippen LogP contribution in [-0.2, 0) is 0 Å². The molecule has 0 spiro atoms. The predicted molar refractivity (Wildman–Crippen MR) is 63.5 cm³/mol. The summed E-state index contributed by atoms with van der Waals surface area (Å²) in [5.41, 5.74) is 0.398. The molecule has 0 radical (unpaired) electrons. The van der Waals surface area contributed by atoms with Gasteiger partial charge in [0.25, 0.3) is 0 Å². The van der Waals surface area contributed by atoms with Crippen LogP contribution in [0.25, 0.3) is 0 Å². The van der Waals surface area contributed by atoms with Crippen molar-refractivity contribution in [2.45, 2.75) is 6.42 Å². The van der Waals surface area contributed by atoms with E-state index in [1.54, 1.807) is 18.2 Å². The molecule has 0 fully saturated rings. The normalized spacial score (nSPS) is 10.1. The molecule has 0 saturated heterocycles. The molecule has 0 unspecified atom stereocenters. The molecule has 1 rings (SSSR count). The minimum absolute atomic E-state index is 0.0807. The van der Waals surface area contributed by atoms with Crippen LogP contribution in [0.15, 0.2) is 22.7 Å². The van der Waals surface area contributed by atoms with Gasteiger partial charge in [0.05, 0.1) is 5.56 Å². The first-order chi connectivity index (χ1) is 7.20. The third-order valence-corrected chi connectivity index (χ3v) is 2.84. The highest BCUT2D eigenvalue weighted by atomic mass is 79.9. The van der Waals surface area contributed by atoms with Gasteiger partial charge < -0.3 is 4.74 Å². The van der Waals surface area contributed by atoms with Gasteiger partial charge in [0, 0.05) is 16.2 Å². The Morgan fingerprint density at radius 3 is 2.80 bits per heavy atom. The fourth-order valence-electron chi connectivity index (χ4n) is 1.16. The number of ketones is 1. The van der Waals surface area contributed by atoms with Crippen LogP contribution in [0.5, 0.6) is 5.75 Å². The number of benzene rings is 1. The second-order valence-electron chi connectivity index (χ2n) is 2.73. The first kappa shape index (κ1) is 12.6. The van der Waals surface area contributed by atoms with Crippen LogP contribution in [-0.4, -0.2) is 18.0 Å². The highest BCUT2D eigenvalue weighted by Crippen LogP contribution is 2.28. The third kappa shape index (κ3) is 3.28. The molecule has 5 heteroatoms. The van der Waals surface area contributed by atoms with E-state index in [1.165, 1.54) is 0 Å². The van der Waals surface area contributed by atoms with Crippen molar-refractivity contribution in [3.05, 3.63) is 28.2 Å². The summed E-state index contributed by atoms with van der Waals surface area (Å²) in [6.07, 6.45) is 0.352. The Labute approximate surface area is 104 Å². The van der Waals surface area contributed by atoms with Gasteiger partial charge in [0.1, 0.15) is 5.75 Å². The quantitative estimate of drug-likeness (QED) is 0.603. The van der Waals surface area contributed by atoms with E-state index >= 15 is 0 Å². The molecule has 2 nitrogen and oxygen atoms in total. The van der Waals surface area contributed by atoms with Gasteiger partial charge in [-0.2, -0.15) is 0 Å². The molecular formula is C10H9Br2FO2. The smallest absolute Gasteiger partial charge is 0.228 e. The number of hydrogen-bond acceptors (Lipinski definition) is 2. The van der Waals surface area contributed by atoms with Gasteiger partial charge in [0.15, 0.2) is 5.78 Å². The van der Waals surface area contributed by atoms with Crippen LogP contribution < -0.4 is 4.74 Å². The molecule has 0 N–H and O–H groups in total. The summed E-state index contributed by atoms with van der Waals surface area (Å²) in [6, 6.07) is 5.00. The molecule has 0 amide bonds. The van der Waals surface area contributed by atoms with Crippen LogP contribution >= 0.6 is 31.9 Å². The van der Waals surface area contributed by atoms with Gasteiger partial charge in [-0.1, -0.05) is 22.0 Å². The largest absolute Gasteiger partial charge is 0.462 e. The monoisotopic (exact) mass is 338 g/mol. The molecule has 0 bridgehead atoms. The minimum atomic E-state index is -0.939. The summed E-state index contributed by atoms with van der Waals surface area (Å²) in [6.45, 7) is -0.939. The van der Waals surface area contributed by atoms with Gasteiger partial charge in [-0.05, 0) is 28.1 Å². The van der Waals surface area contributed by atoms with Crippen molar-refractivity contribution in [3.63, 3.8) is 0 Å². The second-order valence-corrected chi connectivity index (χ2v) is 4.38. The average Bonchev–Trinajstić information content (AvgIpc) is 2.18. The standard InChI is InChI=1S/C10H9Br2FO2/c11-5-4-8(14)10-7(12)2-1-3-9(10)15-6-13/h1-3H,4-6H2. The van der Waals surface area contributed by atoms with E-state index in [-0.39, 0.29) is 11.5 Å². The van der Waals surface area contributed by atoms with Crippen LogP contribution in [0.1, 0.15) is 16.8 Å². The summed E-state index contributed by atoms with van der Waals surface area (Å²) in [5, 5.41) is 0.572. The Morgan fingerprint density at radius 2 is 2.20 bits per heavy atom. The van der Waals surface area contributed by atoms with Crippen molar-refractivity contribution < 1.29 is 13.9 Å². The van der Waals surface area contributed by atoms with Crippen LogP contribution in [0.2, 0.25) is 0 Å². The molecule has 0 atom stereocenters. The van der Waals surface area contributed by atoms with Crippen molar-refractivity contribution >= 4 is 37.6 Å². The van der Waals surface area contributed by atoms with E-state index in [0.29, 0.717) is 21.8 Å². The van der Waals surface area contributed by atoms with Gasteiger partial charge in [-0.3, -0.25) is 4.79 Å². The zero-order valence-corrected chi connectivity index (χ0v) is 11.0. The van der Waals surface area contributed by atoms with Gasteiger partial charge in [-0.25, -0.2) is 4.39 Å². The van der Waals surface area contributed by atoms with Crippen molar-refractivity contribution in [2.75, 3.05) is 12.2 Å². The lowest BCUT2D eigenvalue weighted by atomic mass is 10.1. The zero-order valence-electron chi connectivity index (χ0n) is 7.80. The molecule has 0 aliphatic heterocycles. The number of Topliss-reactive ketones (excluding diaryl/α,β-unsaturated/α-hetero) is 1. The number of hydrogen-bond donors (Lipinski definition) is 0. The number of carbonyl (C=O) groups is 1. The maximum absolute atomic E-state index is 12.1. The topological polar surface area (TPSA) is 26.3 Å². The molecule has 0 aromatic heterocycles. The first-order valence-electron chi connectivity index (χ1n) is 4.27. The Bertz CT molecular complexity index is 355. The molecule has 15 heavy (non-hydrogen) atoms. The van der Waals surface area contributed by atoms with Crippen molar-refractivity contribution in [1.29, 1.82) is 0 Å². The summed E-state index contributed by atoms with van der Waals surface area (Å²) >= 11 is 6.43. The van der Waals surface area contributed by atoms with E-state index in [4.69, 9.17) is 4.74 Å². The summed E-state index contributed by atoms with van der Waals surface area (Å²) in [4.78, 5) is 11.7. The Kier molecular flexibility index (Phi) is 5.25. The molecule has 0 aliphatic carbocycles. The number of ether oxygens (including phenoxy) is 1. The van der Waals surface area contributed by atoms with E-state index in [9.17, 15) is 9.18 Å². The molecule has 0 aliphatic rings. The Morgan fingerprint density at radius 1 is 1.47 bits per heavy atom. The van der Waals surface area contributed by atoms with Crippen LogP contribution in [0.4, 0.5) is 4.39 Å². The predicted octanol–water partition coefficient (Wildman–Crippen LogP) is 3.72. The molecule has 82 valence electrons. The highest BCUT2D eigenvalue weighted by molar-refractivity contribution is 9.10. The third-order valence-electron chi connectivity index (χ3n) is 1.79. The number of carbonyl (C=O) groups excluding carboxylic acids is 1. The number of alkyl halides is 2. The maximum atomic E-state index is 12.1. The van der Waals surface area contributed by atoms with Gasteiger partial charge in [-0.15, -0.1) is 0 Å². The summed E-state index contributed by atoms with van der Waals surface area (Å²) < 4.78 is 17.5. The molecule has 0 saturated carbocycles. The first-order valence-corrected chi connectivity index (χ1v) is 6.18. The SMILES string of the molecule is O=C(CCBr)c1c(Br)cccc1OCF. The van der Waals surface area contributed by atoms with Crippen LogP contribution in [0, 0.1) is 0 Å². The zero-order chi connectivity index (χ0) is 11.3. The second kappa shape index (κ2) is 6.23. The van der Waals surface area contributed by atoms with E-state index in [0.717, 1.165) is 0 Å².